The van der Waals surface area contributed by atoms with Crippen molar-refractivity contribution >= 4 is 6.09 Å². The number of hydrogen-bond acceptors (Lipinski definition) is 7. The largest absolute Gasteiger partial charge is 0.505 e. The van der Waals surface area contributed by atoms with Crippen molar-refractivity contribution in [3.8, 4) is 0 Å². The fraction of sp³-hybridized carbons (Fsp3) is 0.731. The molecule has 0 radical (unpaired) electrons. The number of unbranched alkanes of at least 4 members (excludes halogenated alkanes) is 13. The smallest absolute Gasteiger partial charge is 0.408 e. The molecule has 0 aliphatic carbocycles. The SMILES string of the molecule is CCCCCCCCCCCCCCCCNC(=O)OC1C(O)=C(CO)O[C@H]1n1ccc(=O)[nH]c1=O. The average Bonchev–Trinajstić information content (AvgIpc) is 3.16. The molecule has 0 aromatic carbocycles. The van der Waals surface area contributed by atoms with E-state index < -0.39 is 42.0 Å². The molecule has 2 heterocycles. The molecule has 1 amide bonds. The highest BCUT2D eigenvalue weighted by Crippen LogP contribution is 2.32. The lowest BCUT2D eigenvalue weighted by atomic mass is 10.0. The number of carbonyl (C=O) groups is 1. The third-order valence-corrected chi connectivity index (χ3v) is 6.38. The van der Waals surface area contributed by atoms with Gasteiger partial charge in [-0.15, -0.1) is 0 Å². The van der Waals surface area contributed by atoms with Crippen LogP contribution in [0.5, 0.6) is 0 Å². The number of aliphatic hydroxyl groups is 2. The monoisotopic (exact) mass is 509 g/mol. The van der Waals surface area contributed by atoms with Gasteiger partial charge in [0.15, 0.2) is 11.5 Å². The molecule has 2 rings (SSSR count). The van der Waals surface area contributed by atoms with Crippen molar-refractivity contribution in [2.75, 3.05) is 13.2 Å². The molecule has 0 bridgehead atoms. The number of carbonyl (C=O) groups excluding carboxylic acids is 1. The van der Waals surface area contributed by atoms with Gasteiger partial charge in [-0.3, -0.25) is 14.3 Å². The second-order valence-electron chi connectivity index (χ2n) is 9.34. The minimum Gasteiger partial charge on any atom is -0.505 e. The van der Waals surface area contributed by atoms with Gasteiger partial charge in [0.2, 0.25) is 12.3 Å². The summed E-state index contributed by atoms with van der Waals surface area (Å²) in [5.41, 5.74) is -1.40. The molecule has 204 valence electrons. The second-order valence-corrected chi connectivity index (χ2v) is 9.34. The fourth-order valence-corrected chi connectivity index (χ4v) is 4.29. The predicted octanol–water partition coefficient (Wildman–Crippen LogP) is 4.40. The number of aromatic nitrogens is 2. The van der Waals surface area contributed by atoms with Gasteiger partial charge in [0.25, 0.3) is 5.56 Å². The summed E-state index contributed by atoms with van der Waals surface area (Å²) in [6.45, 7) is 2.03. The van der Waals surface area contributed by atoms with Crippen molar-refractivity contribution < 1.29 is 24.5 Å². The number of rotatable bonds is 18. The lowest BCUT2D eigenvalue weighted by molar-refractivity contribution is -0.0258. The van der Waals surface area contributed by atoms with Crippen LogP contribution in [0.3, 0.4) is 0 Å². The zero-order valence-electron chi connectivity index (χ0n) is 21.5. The van der Waals surface area contributed by atoms with E-state index in [0.29, 0.717) is 6.54 Å². The standard InChI is InChI=1S/C26H43N3O7/c1-2-3-4-5-6-7-8-9-10-11-12-13-14-15-17-27-26(34)36-23-22(32)20(19-30)35-24(23)29-18-16-21(31)28-25(29)33/h16,18,23-24,30,32H,2-15,17,19H2,1H3,(H,27,34)(H,28,31,33)/t23?,24-/m1/s1. The van der Waals surface area contributed by atoms with Gasteiger partial charge in [0.1, 0.15) is 6.61 Å². The van der Waals surface area contributed by atoms with E-state index in [9.17, 15) is 24.6 Å². The van der Waals surface area contributed by atoms with Crippen molar-refractivity contribution in [1.29, 1.82) is 0 Å². The van der Waals surface area contributed by atoms with Gasteiger partial charge in [-0.2, -0.15) is 0 Å². The summed E-state index contributed by atoms with van der Waals surface area (Å²) in [6, 6.07) is 1.10. The molecule has 10 nitrogen and oxygen atoms in total. The summed E-state index contributed by atoms with van der Waals surface area (Å²) in [6.07, 6.45) is 15.3. The Bertz CT molecular complexity index is 925. The quantitative estimate of drug-likeness (QED) is 0.215. The Labute approximate surface area is 212 Å². The number of hydrogen-bond donors (Lipinski definition) is 4. The van der Waals surface area contributed by atoms with E-state index in [4.69, 9.17) is 9.47 Å². The van der Waals surface area contributed by atoms with E-state index >= 15 is 0 Å². The van der Waals surface area contributed by atoms with Crippen LogP contribution >= 0.6 is 0 Å². The minimum absolute atomic E-state index is 0.206. The third kappa shape index (κ3) is 10.1. The summed E-state index contributed by atoms with van der Waals surface area (Å²) in [5, 5.41) is 22.3. The number of nitrogens with one attached hydrogen (secondary N) is 2. The Morgan fingerprint density at radius 1 is 1.00 bits per heavy atom. The van der Waals surface area contributed by atoms with Crippen molar-refractivity contribution in [2.45, 2.75) is 109 Å². The van der Waals surface area contributed by atoms with Gasteiger partial charge in [0, 0.05) is 18.8 Å². The van der Waals surface area contributed by atoms with Crippen LogP contribution < -0.4 is 16.6 Å². The lowest BCUT2D eigenvalue weighted by Crippen LogP contribution is -2.39. The number of H-pyrrole nitrogens is 1. The van der Waals surface area contributed by atoms with E-state index in [1.54, 1.807) is 0 Å². The van der Waals surface area contributed by atoms with E-state index in [-0.39, 0.29) is 5.76 Å². The molecule has 0 saturated heterocycles. The van der Waals surface area contributed by atoms with Crippen LogP contribution in [0.1, 0.15) is 103 Å². The van der Waals surface area contributed by atoms with Gasteiger partial charge < -0.3 is 25.0 Å². The van der Waals surface area contributed by atoms with Crippen molar-refractivity contribution in [1.82, 2.24) is 14.9 Å². The van der Waals surface area contributed by atoms with Crippen molar-refractivity contribution in [3.05, 3.63) is 44.6 Å². The molecule has 0 fully saturated rings. The average molecular weight is 510 g/mol. The van der Waals surface area contributed by atoms with Gasteiger partial charge in [-0.05, 0) is 6.42 Å². The number of alkyl carbamates (subject to hydrolysis) is 1. The Morgan fingerprint density at radius 3 is 2.08 bits per heavy atom. The van der Waals surface area contributed by atoms with Gasteiger partial charge in [-0.25, -0.2) is 9.59 Å². The molecule has 4 N–H and O–H groups in total. The highest BCUT2D eigenvalue weighted by atomic mass is 16.6. The van der Waals surface area contributed by atoms with E-state index in [1.807, 2.05) is 0 Å². The maximum atomic E-state index is 12.3. The second kappa shape index (κ2) is 16.8. The van der Waals surface area contributed by atoms with Crippen molar-refractivity contribution in [2.24, 2.45) is 0 Å². The first-order chi connectivity index (χ1) is 17.5. The number of amides is 1. The lowest BCUT2D eigenvalue weighted by Gasteiger charge is -2.21. The van der Waals surface area contributed by atoms with Crippen LogP contribution in [0.2, 0.25) is 0 Å². The van der Waals surface area contributed by atoms with Crippen LogP contribution in [0.25, 0.3) is 0 Å². The zero-order chi connectivity index (χ0) is 26.2. The normalized spacial score (nSPS) is 17.3. The number of aromatic amines is 1. The summed E-state index contributed by atoms with van der Waals surface area (Å²) in [4.78, 5) is 37.7. The maximum absolute atomic E-state index is 12.3. The molecule has 0 saturated carbocycles. The molecule has 1 unspecified atom stereocenters. The molecule has 1 aliphatic heterocycles. The molecule has 0 spiro atoms. The van der Waals surface area contributed by atoms with Crippen LogP contribution in [0.15, 0.2) is 33.4 Å². The molecular weight excluding hydrogens is 466 g/mol. The first kappa shape index (κ1) is 29.5. The van der Waals surface area contributed by atoms with Gasteiger partial charge >= 0.3 is 11.8 Å². The van der Waals surface area contributed by atoms with Crippen LogP contribution in [-0.4, -0.2) is 45.1 Å². The number of ether oxygens (including phenoxy) is 2. The molecule has 1 aromatic rings. The minimum atomic E-state index is -1.34. The van der Waals surface area contributed by atoms with Crippen LogP contribution in [0.4, 0.5) is 4.79 Å². The first-order valence-electron chi connectivity index (χ1n) is 13.4. The zero-order valence-corrected chi connectivity index (χ0v) is 21.5. The van der Waals surface area contributed by atoms with Crippen LogP contribution in [0, 0.1) is 0 Å². The third-order valence-electron chi connectivity index (χ3n) is 6.38. The predicted molar refractivity (Wildman–Crippen MR) is 137 cm³/mol. The Balaban J connectivity index is 1.59. The Kier molecular flexibility index (Phi) is 13.8. The highest BCUT2D eigenvalue weighted by Gasteiger charge is 2.41. The number of nitrogens with zero attached hydrogens (tertiary/aromatic N) is 1. The Hall–Kier alpha value is -2.75. The molecule has 1 aromatic heterocycles. The van der Waals surface area contributed by atoms with E-state index in [1.165, 1.54) is 76.8 Å². The van der Waals surface area contributed by atoms with Crippen molar-refractivity contribution in [3.63, 3.8) is 0 Å². The molecular formula is C26H43N3O7. The van der Waals surface area contributed by atoms with Crippen LogP contribution in [-0.2, 0) is 9.47 Å². The summed E-state index contributed by atoms with van der Waals surface area (Å²) in [5.74, 6) is -0.685. The topological polar surface area (TPSA) is 143 Å². The van der Waals surface area contributed by atoms with E-state index in [0.717, 1.165) is 29.9 Å². The summed E-state index contributed by atoms with van der Waals surface area (Å²) >= 11 is 0. The number of aliphatic hydroxyl groups excluding tert-OH is 2. The molecule has 10 heteroatoms. The molecule has 2 atom stereocenters. The molecule has 1 aliphatic rings. The van der Waals surface area contributed by atoms with Gasteiger partial charge in [0.05, 0.1) is 0 Å². The first-order valence-corrected chi connectivity index (χ1v) is 13.4. The summed E-state index contributed by atoms with van der Waals surface area (Å²) in [7, 11) is 0. The maximum Gasteiger partial charge on any atom is 0.408 e. The van der Waals surface area contributed by atoms with E-state index in [2.05, 4.69) is 17.2 Å². The van der Waals surface area contributed by atoms with Gasteiger partial charge in [-0.1, -0.05) is 90.4 Å². The fourth-order valence-electron chi connectivity index (χ4n) is 4.29. The Morgan fingerprint density at radius 2 is 1.56 bits per heavy atom. The summed E-state index contributed by atoms with van der Waals surface area (Å²) < 4.78 is 11.6. The highest BCUT2D eigenvalue weighted by molar-refractivity contribution is 5.67. The molecule has 36 heavy (non-hydrogen) atoms.